The van der Waals surface area contributed by atoms with Gasteiger partial charge in [0, 0.05) is 13.6 Å². The van der Waals surface area contributed by atoms with Crippen LogP contribution in [-0.2, 0) is 0 Å². The molecule has 0 aliphatic carbocycles. The van der Waals surface area contributed by atoms with E-state index >= 15 is 0 Å². The molecular weight excluding hydrogens is 417 g/mol. The Labute approximate surface area is 135 Å². The van der Waals surface area contributed by atoms with E-state index in [1.54, 1.807) is 7.11 Å². The van der Waals surface area contributed by atoms with E-state index in [-0.39, 0.29) is 6.04 Å². The van der Waals surface area contributed by atoms with E-state index in [0.29, 0.717) is 0 Å². The van der Waals surface area contributed by atoms with Crippen LogP contribution in [0, 0.1) is 3.57 Å². The molecule has 0 aromatic heterocycles. The SMILES string of the molecule is CNC(c1ccc(I)cc1)c1cc(Br)ccc1OC. The summed E-state index contributed by atoms with van der Waals surface area (Å²) in [6.07, 6.45) is 0. The fourth-order valence-electron chi connectivity index (χ4n) is 2.09. The summed E-state index contributed by atoms with van der Waals surface area (Å²) < 4.78 is 7.75. The molecule has 2 nitrogen and oxygen atoms in total. The van der Waals surface area contributed by atoms with Gasteiger partial charge in [-0.15, -0.1) is 0 Å². The summed E-state index contributed by atoms with van der Waals surface area (Å²) in [5.74, 6) is 0.890. The molecule has 1 atom stereocenters. The zero-order valence-electron chi connectivity index (χ0n) is 10.8. The van der Waals surface area contributed by atoms with Crippen LogP contribution < -0.4 is 10.1 Å². The first kappa shape index (κ1) is 14.8. The van der Waals surface area contributed by atoms with Crippen LogP contribution in [0.2, 0.25) is 0 Å². The van der Waals surface area contributed by atoms with Crippen molar-refractivity contribution < 1.29 is 4.74 Å². The molecular formula is C15H15BrINO. The van der Waals surface area contributed by atoms with Crippen molar-refractivity contribution in [2.45, 2.75) is 6.04 Å². The lowest BCUT2D eigenvalue weighted by Gasteiger charge is -2.20. The molecule has 4 heteroatoms. The van der Waals surface area contributed by atoms with Crippen molar-refractivity contribution in [2.75, 3.05) is 14.2 Å². The van der Waals surface area contributed by atoms with Gasteiger partial charge in [0.1, 0.15) is 5.75 Å². The van der Waals surface area contributed by atoms with Gasteiger partial charge < -0.3 is 10.1 Å². The fourth-order valence-corrected chi connectivity index (χ4v) is 2.83. The van der Waals surface area contributed by atoms with Crippen LogP contribution in [-0.4, -0.2) is 14.2 Å². The highest BCUT2D eigenvalue weighted by molar-refractivity contribution is 14.1. The fraction of sp³-hybridized carbons (Fsp3) is 0.200. The number of nitrogens with one attached hydrogen (secondary N) is 1. The van der Waals surface area contributed by atoms with E-state index in [2.05, 4.69) is 74.2 Å². The lowest BCUT2D eigenvalue weighted by Crippen LogP contribution is -2.18. The van der Waals surface area contributed by atoms with Gasteiger partial charge in [-0.1, -0.05) is 28.1 Å². The Hall–Kier alpha value is -0.590. The molecule has 1 unspecified atom stereocenters. The third-order valence-electron chi connectivity index (χ3n) is 2.99. The highest BCUT2D eigenvalue weighted by atomic mass is 127. The Bertz CT molecular complexity index is 557. The lowest BCUT2D eigenvalue weighted by molar-refractivity contribution is 0.405. The molecule has 0 heterocycles. The first-order chi connectivity index (χ1) is 9.15. The normalized spacial score (nSPS) is 12.2. The molecule has 2 rings (SSSR count). The van der Waals surface area contributed by atoms with E-state index in [1.165, 1.54) is 9.13 Å². The van der Waals surface area contributed by atoms with Crippen molar-refractivity contribution in [2.24, 2.45) is 0 Å². The van der Waals surface area contributed by atoms with Crippen LogP contribution in [0.3, 0.4) is 0 Å². The molecule has 2 aromatic rings. The molecule has 0 bridgehead atoms. The number of hydrogen-bond acceptors (Lipinski definition) is 2. The van der Waals surface area contributed by atoms with Crippen LogP contribution in [0.5, 0.6) is 5.75 Å². The van der Waals surface area contributed by atoms with Gasteiger partial charge in [0.05, 0.1) is 13.2 Å². The average Bonchev–Trinajstić information content (AvgIpc) is 2.42. The van der Waals surface area contributed by atoms with E-state index in [0.717, 1.165) is 15.8 Å². The second kappa shape index (κ2) is 6.72. The van der Waals surface area contributed by atoms with Crippen LogP contribution >= 0.6 is 38.5 Å². The minimum atomic E-state index is 0.115. The molecule has 0 aliphatic heterocycles. The van der Waals surface area contributed by atoms with Gasteiger partial charge in [0.2, 0.25) is 0 Å². The Kier molecular flexibility index (Phi) is 5.24. The number of benzene rings is 2. The van der Waals surface area contributed by atoms with Crippen molar-refractivity contribution >= 4 is 38.5 Å². The Morgan fingerprint density at radius 1 is 1.16 bits per heavy atom. The summed E-state index contributed by atoms with van der Waals surface area (Å²) in [6, 6.07) is 14.7. The average molecular weight is 432 g/mol. The largest absolute Gasteiger partial charge is 0.496 e. The molecule has 1 N–H and O–H groups in total. The molecule has 0 saturated carbocycles. The molecule has 19 heavy (non-hydrogen) atoms. The van der Waals surface area contributed by atoms with Crippen molar-refractivity contribution in [1.82, 2.24) is 5.32 Å². The van der Waals surface area contributed by atoms with Crippen LogP contribution in [0.1, 0.15) is 17.2 Å². The topological polar surface area (TPSA) is 21.3 Å². The van der Waals surface area contributed by atoms with Crippen LogP contribution in [0.25, 0.3) is 0 Å². The highest BCUT2D eigenvalue weighted by Crippen LogP contribution is 2.32. The zero-order chi connectivity index (χ0) is 13.8. The van der Waals surface area contributed by atoms with Crippen molar-refractivity contribution in [3.8, 4) is 5.75 Å². The van der Waals surface area contributed by atoms with Crippen LogP contribution in [0.15, 0.2) is 46.9 Å². The van der Waals surface area contributed by atoms with E-state index in [9.17, 15) is 0 Å². The predicted octanol–water partition coefficient (Wildman–Crippen LogP) is 4.37. The molecule has 0 aliphatic rings. The molecule has 0 spiro atoms. The molecule has 0 radical (unpaired) electrons. The minimum absolute atomic E-state index is 0.115. The predicted molar refractivity (Wildman–Crippen MR) is 90.8 cm³/mol. The first-order valence-corrected chi connectivity index (χ1v) is 7.79. The Morgan fingerprint density at radius 2 is 1.84 bits per heavy atom. The maximum atomic E-state index is 5.47. The van der Waals surface area contributed by atoms with Crippen LogP contribution in [0.4, 0.5) is 0 Å². The molecule has 0 saturated heterocycles. The lowest BCUT2D eigenvalue weighted by atomic mass is 9.98. The second-order valence-electron chi connectivity index (χ2n) is 4.16. The molecule has 0 amide bonds. The summed E-state index contributed by atoms with van der Waals surface area (Å²) >= 11 is 5.84. The maximum absolute atomic E-state index is 5.47. The van der Waals surface area contributed by atoms with Crippen molar-refractivity contribution in [3.63, 3.8) is 0 Å². The Balaban J connectivity index is 2.47. The van der Waals surface area contributed by atoms with E-state index < -0.39 is 0 Å². The second-order valence-corrected chi connectivity index (χ2v) is 6.32. The number of ether oxygens (including phenoxy) is 1. The van der Waals surface area contributed by atoms with Gasteiger partial charge in [-0.05, 0) is 65.5 Å². The van der Waals surface area contributed by atoms with Gasteiger partial charge in [-0.2, -0.15) is 0 Å². The van der Waals surface area contributed by atoms with Gasteiger partial charge in [-0.3, -0.25) is 0 Å². The van der Waals surface area contributed by atoms with Gasteiger partial charge in [0.25, 0.3) is 0 Å². The summed E-state index contributed by atoms with van der Waals surface area (Å²) in [7, 11) is 3.66. The van der Waals surface area contributed by atoms with Gasteiger partial charge in [0.15, 0.2) is 0 Å². The smallest absolute Gasteiger partial charge is 0.124 e. The van der Waals surface area contributed by atoms with Gasteiger partial charge >= 0.3 is 0 Å². The van der Waals surface area contributed by atoms with E-state index in [4.69, 9.17) is 4.74 Å². The summed E-state index contributed by atoms with van der Waals surface area (Å²) in [6.45, 7) is 0. The molecule has 100 valence electrons. The van der Waals surface area contributed by atoms with Gasteiger partial charge in [-0.25, -0.2) is 0 Å². The molecule has 0 fully saturated rings. The third-order valence-corrected chi connectivity index (χ3v) is 4.21. The third kappa shape index (κ3) is 3.49. The number of hydrogen-bond donors (Lipinski definition) is 1. The summed E-state index contributed by atoms with van der Waals surface area (Å²) in [5.41, 5.74) is 2.35. The monoisotopic (exact) mass is 431 g/mol. The quantitative estimate of drug-likeness (QED) is 0.725. The maximum Gasteiger partial charge on any atom is 0.124 e. The number of rotatable bonds is 4. The highest BCUT2D eigenvalue weighted by Gasteiger charge is 2.16. The number of methoxy groups -OCH3 is 1. The Morgan fingerprint density at radius 3 is 2.42 bits per heavy atom. The standard InChI is InChI=1S/C15H15BrINO/c1-18-15(10-3-6-12(17)7-4-10)13-9-11(16)5-8-14(13)19-2/h3-9,15,18H,1-2H3. The molecule has 2 aromatic carbocycles. The summed E-state index contributed by atoms with van der Waals surface area (Å²) in [5, 5.41) is 3.35. The minimum Gasteiger partial charge on any atom is -0.496 e. The van der Waals surface area contributed by atoms with Crippen molar-refractivity contribution in [3.05, 3.63) is 61.6 Å². The van der Waals surface area contributed by atoms with Crippen molar-refractivity contribution in [1.29, 1.82) is 0 Å². The first-order valence-electron chi connectivity index (χ1n) is 5.92. The summed E-state index contributed by atoms with van der Waals surface area (Å²) in [4.78, 5) is 0. The zero-order valence-corrected chi connectivity index (χ0v) is 14.5. The number of halogens is 2. The van der Waals surface area contributed by atoms with E-state index in [1.807, 2.05) is 19.2 Å².